The van der Waals surface area contributed by atoms with Gasteiger partial charge in [-0.2, -0.15) is 0 Å². The normalized spacial score (nSPS) is 13.6. The van der Waals surface area contributed by atoms with Crippen molar-refractivity contribution in [3.63, 3.8) is 0 Å². The van der Waals surface area contributed by atoms with Crippen molar-refractivity contribution in [1.82, 2.24) is 5.32 Å². The number of nitrogens with zero attached hydrogens (tertiary/aromatic N) is 1. The Morgan fingerprint density at radius 3 is 2.33 bits per heavy atom. The summed E-state index contributed by atoms with van der Waals surface area (Å²) in [7, 11) is 0. The van der Waals surface area contributed by atoms with E-state index in [1.807, 2.05) is 26.0 Å². The van der Waals surface area contributed by atoms with Gasteiger partial charge in [0, 0.05) is 18.2 Å². The molecule has 0 spiro atoms. The second-order valence-electron chi connectivity index (χ2n) is 5.95. The lowest BCUT2D eigenvalue weighted by Gasteiger charge is -2.11. The van der Waals surface area contributed by atoms with Crippen LogP contribution in [0.3, 0.4) is 0 Å². The zero-order valence-corrected chi connectivity index (χ0v) is 17.5. The number of hydrogen-bond donors (Lipinski definition) is 3. The summed E-state index contributed by atoms with van der Waals surface area (Å²) in [6.45, 7) is 8.80. The maximum Gasteiger partial charge on any atom is 0.222 e. The van der Waals surface area contributed by atoms with Crippen LogP contribution in [0.2, 0.25) is 0 Å². The summed E-state index contributed by atoms with van der Waals surface area (Å²) in [6, 6.07) is 8.40. The summed E-state index contributed by atoms with van der Waals surface area (Å²) >= 11 is 0. The van der Waals surface area contributed by atoms with E-state index in [9.17, 15) is 4.79 Å². The van der Waals surface area contributed by atoms with Crippen molar-refractivity contribution in [3.8, 4) is 0 Å². The fraction of sp³-hybridized carbons (Fsp3) is 0.556. The van der Waals surface area contributed by atoms with Crippen LogP contribution in [0.1, 0.15) is 58.4 Å². The molecule has 0 saturated heterocycles. The quantitative estimate of drug-likeness (QED) is 0.323. The fourth-order valence-electron chi connectivity index (χ4n) is 2.05. The molecule has 2 unspecified atom stereocenters. The Morgan fingerprint density at radius 2 is 1.79 bits per heavy atom. The van der Waals surface area contributed by atoms with E-state index < -0.39 is 0 Å². The average Bonchev–Trinajstić information content (AvgIpc) is 2.54. The predicted octanol–water partition coefficient (Wildman–Crippen LogP) is 3.85. The number of benzene rings is 1. The molecular weight excluding hydrogens is 415 g/mol. The average molecular weight is 446 g/mol. The van der Waals surface area contributed by atoms with Gasteiger partial charge in [0.15, 0.2) is 5.96 Å². The molecule has 136 valence electrons. The maximum atomic E-state index is 11.6. The molecule has 1 aromatic rings. The van der Waals surface area contributed by atoms with Crippen molar-refractivity contribution in [1.29, 1.82) is 0 Å². The molecule has 1 amide bonds. The van der Waals surface area contributed by atoms with Crippen molar-refractivity contribution < 1.29 is 4.79 Å². The van der Waals surface area contributed by atoms with Crippen LogP contribution in [0.15, 0.2) is 29.3 Å². The molecule has 0 heterocycles. The Kier molecular flexibility index (Phi) is 11.4. The summed E-state index contributed by atoms with van der Waals surface area (Å²) < 4.78 is 0. The van der Waals surface area contributed by atoms with Crippen molar-refractivity contribution in [3.05, 3.63) is 29.8 Å². The molecule has 5 nitrogen and oxygen atoms in total. The van der Waals surface area contributed by atoms with E-state index in [2.05, 4.69) is 41.6 Å². The van der Waals surface area contributed by atoms with Crippen LogP contribution in [-0.2, 0) is 4.79 Å². The van der Waals surface area contributed by atoms with Crippen molar-refractivity contribution in [2.24, 2.45) is 10.7 Å². The molecule has 0 aromatic heterocycles. The summed E-state index contributed by atoms with van der Waals surface area (Å²) in [5.41, 5.74) is 8.07. The first-order valence-corrected chi connectivity index (χ1v) is 8.42. The van der Waals surface area contributed by atoms with Gasteiger partial charge >= 0.3 is 0 Å². The molecule has 0 aliphatic heterocycles. The topological polar surface area (TPSA) is 79.5 Å². The molecule has 2 atom stereocenters. The molecule has 0 bridgehead atoms. The van der Waals surface area contributed by atoms with Crippen LogP contribution in [0, 0.1) is 0 Å². The molecule has 0 fully saturated rings. The van der Waals surface area contributed by atoms with E-state index in [4.69, 9.17) is 5.73 Å². The zero-order valence-electron chi connectivity index (χ0n) is 15.1. The molecule has 0 aliphatic carbocycles. The highest BCUT2D eigenvalue weighted by atomic mass is 127. The highest BCUT2D eigenvalue weighted by Gasteiger charge is 2.05. The smallest absolute Gasteiger partial charge is 0.222 e. The molecule has 1 aromatic carbocycles. The minimum Gasteiger partial charge on any atom is -0.370 e. The van der Waals surface area contributed by atoms with Crippen LogP contribution in [-0.4, -0.2) is 24.5 Å². The van der Waals surface area contributed by atoms with Crippen molar-refractivity contribution >= 4 is 41.5 Å². The number of aliphatic imine (C=N–C) groups is 1. The van der Waals surface area contributed by atoms with Crippen LogP contribution in [0.5, 0.6) is 0 Å². The van der Waals surface area contributed by atoms with E-state index in [-0.39, 0.29) is 35.9 Å². The van der Waals surface area contributed by atoms with E-state index in [1.54, 1.807) is 0 Å². The van der Waals surface area contributed by atoms with Gasteiger partial charge in [0.1, 0.15) is 0 Å². The Labute approximate surface area is 162 Å². The van der Waals surface area contributed by atoms with Gasteiger partial charge in [0.25, 0.3) is 0 Å². The van der Waals surface area contributed by atoms with E-state index in [0.29, 0.717) is 24.8 Å². The SMILES string of the molecule is CCC(C)NC(=O)CCN=C(N)Nc1ccc(C(C)CC)cc1.I. The first kappa shape index (κ1) is 22.7. The minimum absolute atomic E-state index is 0. The highest BCUT2D eigenvalue weighted by Crippen LogP contribution is 2.20. The molecule has 6 heteroatoms. The second-order valence-corrected chi connectivity index (χ2v) is 5.95. The molecule has 4 N–H and O–H groups in total. The number of hydrogen-bond acceptors (Lipinski definition) is 2. The molecule has 24 heavy (non-hydrogen) atoms. The number of halogens is 1. The lowest BCUT2D eigenvalue weighted by Crippen LogP contribution is -2.32. The van der Waals surface area contributed by atoms with Gasteiger partial charge in [-0.15, -0.1) is 24.0 Å². The first-order chi connectivity index (χ1) is 11.0. The van der Waals surface area contributed by atoms with Gasteiger partial charge < -0.3 is 16.4 Å². The van der Waals surface area contributed by atoms with Crippen LogP contribution >= 0.6 is 24.0 Å². The monoisotopic (exact) mass is 446 g/mol. The van der Waals surface area contributed by atoms with Crippen LogP contribution < -0.4 is 16.4 Å². The second kappa shape index (κ2) is 12.1. The number of nitrogens with two attached hydrogens (primary N) is 1. The van der Waals surface area contributed by atoms with Crippen molar-refractivity contribution in [2.45, 2.75) is 58.9 Å². The number of rotatable bonds is 8. The third-order valence-electron chi connectivity index (χ3n) is 4.01. The largest absolute Gasteiger partial charge is 0.370 e. The minimum atomic E-state index is 0. The van der Waals surface area contributed by atoms with Gasteiger partial charge in [0.2, 0.25) is 5.91 Å². The number of carbonyl (C=O) groups excluding carboxylic acids is 1. The number of carbonyl (C=O) groups is 1. The Hall–Kier alpha value is -1.31. The standard InChI is InChI=1S/C18H30N4O.HI/c1-5-13(3)15-7-9-16(10-8-15)22-18(19)20-12-11-17(23)21-14(4)6-2;/h7-10,13-14H,5-6,11-12H2,1-4H3,(H,21,23)(H3,19,20,22);1H. The van der Waals surface area contributed by atoms with Gasteiger partial charge in [-0.1, -0.05) is 32.9 Å². The highest BCUT2D eigenvalue weighted by molar-refractivity contribution is 14.0. The Bertz CT molecular complexity index is 516. The van der Waals surface area contributed by atoms with Gasteiger partial charge in [-0.25, -0.2) is 0 Å². The summed E-state index contributed by atoms with van der Waals surface area (Å²) in [5.74, 6) is 0.894. The molecule has 0 radical (unpaired) electrons. The molecule has 0 aliphatic rings. The molecular formula is C18H31IN4O. The van der Waals surface area contributed by atoms with Gasteiger partial charge in [-0.05, 0) is 43.4 Å². The number of guanidine groups is 1. The summed E-state index contributed by atoms with van der Waals surface area (Å²) in [5, 5.41) is 5.95. The number of anilines is 1. The van der Waals surface area contributed by atoms with E-state index in [1.165, 1.54) is 5.56 Å². The Balaban J connectivity index is 0.00000529. The third kappa shape index (κ3) is 8.52. The summed E-state index contributed by atoms with van der Waals surface area (Å²) in [6.07, 6.45) is 2.39. The summed E-state index contributed by atoms with van der Waals surface area (Å²) in [4.78, 5) is 15.8. The zero-order chi connectivity index (χ0) is 17.2. The fourth-order valence-corrected chi connectivity index (χ4v) is 2.05. The third-order valence-corrected chi connectivity index (χ3v) is 4.01. The number of amides is 1. The van der Waals surface area contributed by atoms with E-state index in [0.717, 1.165) is 18.5 Å². The molecule has 1 rings (SSSR count). The van der Waals surface area contributed by atoms with E-state index >= 15 is 0 Å². The van der Waals surface area contributed by atoms with Crippen molar-refractivity contribution in [2.75, 3.05) is 11.9 Å². The predicted molar refractivity (Wildman–Crippen MR) is 113 cm³/mol. The number of nitrogens with one attached hydrogen (secondary N) is 2. The maximum absolute atomic E-state index is 11.6. The lowest BCUT2D eigenvalue weighted by molar-refractivity contribution is -0.121. The van der Waals surface area contributed by atoms with Gasteiger partial charge in [0.05, 0.1) is 6.54 Å². The molecule has 0 saturated carbocycles. The van der Waals surface area contributed by atoms with Crippen LogP contribution in [0.25, 0.3) is 0 Å². The Morgan fingerprint density at radius 1 is 1.17 bits per heavy atom. The first-order valence-electron chi connectivity index (χ1n) is 8.42. The van der Waals surface area contributed by atoms with Crippen LogP contribution in [0.4, 0.5) is 5.69 Å². The van der Waals surface area contributed by atoms with Gasteiger partial charge in [-0.3, -0.25) is 9.79 Å². The lowest BCUT2D eigenvalue weighted by atomic mass is 9.99.